The minimum absolute atomic E-state index is 0.0109. The molecule has 0 saturated carbocycles. The zero-order valence-corrected chi connectivity index (χ0v) is 13.7. The highest BCUT2D eigenvalue weighted by atomic mass is 16.5. The van der Waals surface area contributed by atoms with Gasteiger partial charge in [0.15, 0.2) is 0 Å². The van der Waals surface area contributed by atoms with Crippen LogP contribution in [-0.4, -0.2) is 34.8 Å². The van der Waals surface area contributed by atoms with E-state index in [4.69, 9.17) is 4.74 Å². The molecule has 0 aliphatic rings. The monoisotopic (exact) mass is 295 g/mol. The molecule has 1 amide bonds. The number of hydrogen-bond donors (Lipinski definition) is 1. The lowest BCUT2D eigenvalue weighted by Crippen LogP contribution is -2.45. The number of nitrogens with zero attached hydrogens (tertiary/aromatic N) is 2. The van der Waals surface area contributed by atoms with Crippen LogP contribution in [0.1, 0.15) is 37.2 Å². The van der Waals surface area contributed by atoms with Crippen LogP contribution in [-0.2, 0) is 27.8 Å². The number of methoxy groups -OCH3 is 1. The Balaban J connectivity index is 2.63. The summed E-state index contributed by atoms with van der Waals surface area (Å²) in [5, 5.41) is 7.07. The minimum atomic E-state index is -0.599. The molecule has 1 atom stereocenters. The molecular weight excluding hydrogens is 270 g/mol. The van der Waals surface area contributed by atoms with E-state index >= 15 is 0 Å². The second kappa shape index (κ2) is 7.24. The first kappa shape index (κ1) is 17.2. The van der Waals surface area contributed by atoms with E-state index in [0.29, 0.717) is 12.8 Å². The molecule has 6 nitrogen and oxygen atoms in total. The normalized spacial score (nSPS) is 12.3. The SMILES string of the molecule is COC(=O)[C@@H](NC(=O)CCc1c(C)nn(C)c1C)C(C)C. The van der Waals surface area contributed by atoms with Gasteiger partial charge in [-0.25, -0.2) is 4.79 Å². The fourth-order valence-electron chi connectivity index (χ4n) is 2.29. The number of hydrogen-bond acceptors (Lipinski definition) is 4. The molecule has 1 heterocycles. The zero-order chi connectivity index (χ0) is 16.2. The van der Waals surface area contributed by atoms with E-state index in [1.54, 1.807) is 0 Å². The highest BCUT2D eigenvalue weighted by Crippen LogP contribution is 2.14. The van der Waals surface area contributed by atoms with Gasteiger partial charge in [-0.3, -0.25) is 9.48 Å². The van der Waals surface area contributed by atoms with Crippen molar-refractivity contribution in [3.63, 3.8) is 0 Å². The molecule has 0 saturated heterocycles. The number of rotatable bonds is 6. The first-order chi connectivity index (χ1) is 9.77. The fourth-order valence-corrected chi connectivity index (χ4v) is 2.29. The van der Waals surface area contributed by atoms with Crippen LogP contribution < -0.4 is 5.32 Å². The third kappa shape index (κ3) is 4.31. The van der Waals surface area contributed by atoms with Crippen molar-refractivity contribution < 1.29 is 14.3 Å². The zero-order valence-electron chi connectivity index (χ0n) is 13.7. The van der Waals surface area contributed by atoms with E-state index in [0.717, 1.165) is 17.0 Å². The summed E-state index contributed by atoms with van der Waals surface area (Å²) >= 11 is 0. The van der Waals surface area contributed by atoms with E-state index in [2.05, 4.69) is 10.4 Å². The second-order valence-electron chi connectivity index (χ2n) is 5.59. The Hall–Kier alpha value is -1.85. The standard InChI is InChI=1S/C15H25N3O3/c1-9(2)14(15(20)21-6)16-13(19)8-7-12-10(3)17-18(5)11(12)4/h9,14H,7-8H2,1-6H3,(H,16,19)/t14-/m0/s1. The summed E-state index contributed by atoms with van der Waals surface area (Å²) in [6.07, 6.45) is 0.941. The van der Waals surface area contributed by atoms with E-state index < -0.39 is 12.0 Å². The third-order valence-electron chi connectivity index (χ3n) is 3.70. The summed E-state index contributed by atoms with van der Waals surface area (Å²) in [6, 6.07) is -0.599. The smallest absolute Gasteiger partial charge is 0.328 e. The van der Waals surface area contributed by atoms with Gasteiger partial charge in [0.05, 0.1) is 12.8 Å². The molecule has 6 heteroatoms. The Bertz CT molecular complexity index is 520. The highest BCUT2D eigenvalue weighted by molar-refractivity contribution is 5.84. The van der Waals surface area contributed by atoms with Gasteiger partial charge in [-0.05, 0) is 31.7 Å². The summed E-state index contributed by atoms with van der Waals surface area (Å²) in [4.78, 5) is 23.7. The van der Waals surface area contributed by atoms with E-state index in [1.165, 1.54) is 7.11 Å². The van der Waals surface area contributed by atoms with Gasteiger partial charge in [0.25, 0.3) is 0 Å². The predicted molar refractivity (Wildman–Crippen MR) is 79.8 cm³/mol. The fraction of sp³-hybridized carbons (Fsp3) is 0.667. The van der Waals surface area contributed by atoms with Crippen molar-refractivity contribution in [2.75, 3.05) is 7.11 Å². The van der Waals surface area contributed by atoms with Gasteiger partial charge < -0.3 is 10.1 Å². The highest BCUT2D eigenvalue weighted by Gasteiger charge is 2.24. The molecule has 1 rings (SSSR count). The van der Waals surface area contributed by atoms with Gasteiger partial charge in [-0.1, -0.05) is 13.8 Å². The Morgan fingerprint density at radius 1 is 1.33 bits per heavy atom. The summed E-state index contributed by atoms with van der Waals surface area (Å²) in [7, 11) is 3.21. The summed E-state index contributed by atoms with van der Waals surface area (Å²) in [5.74, 6) is -0.572. The number of nitrogens with one attached hydrogen (secondary N) is 1. The van der Waals surface area contributed by atoms with Crippen molar-refractivity contribution in [2.45, 2.75) is 46.6 Å². The van der Waals surface area contributed by atoms with Crippen molar-refractivity contribution in [1.82, 2.24) is 15.1 Å². The molecule has 1 aromatic heterocycles. The van der Waals surface area contributed by atoms with Crippen LogP contribution in [0.4, 0.5) is 0 Å². The van der Waals surface area contributed by atoms with Gasteiger partial charge in [-0.2, -0.15) is 5.10 Å². The maximum atomic E-state index is 12.0. The number of esters is 1. The summed E-state index contributed by atoms with van der Waals surface area (Å²) < 4.78 is 6.53. The quantitative estimate of drug-likeness (QED) is 0.802. The Labute approximate surface area is 125 Å². The van der Waals surface area contributed by atoms with E-state index in [1.807, 2.05) is 39.4 Å². The van der Waals surface area contributed by atoms with Gasteiger partial charge in [0.2, 0.25) is 5.91 Å². The number of carbonyl (C=O) groups excluding carboxylic acids is 2. The van der Waals surface area contributed by atoms with Crippen LogP contribution in [0.25, 0.3) is 0 Å². The topological polar surface area (TPSA) is 73.2 Å². The number of carbonyl (C=O) groups is 2. The molecule has 118 valence electrons. The van der Waals surface area contributed by atoms with Crippen molar-refractivity contribution in [3.05, 3.63) is 17.0 Å². The van der Waals surface area contributed by atoms with Crippen LogP contribution >= 0.6 is 0 Å². The number of amides is 1. The molecule has 0 bridgehead atoms. The van der Waals surface area contributed by atoms with Crippen molar-refractivity contribution in [1.29, 1.82) is 0 Å². The summed E-state index contributed by atoms with van der Waals surface area (Å²) in [5.41, 5.74) is 3.09. The maximum Gasteiger partial charge on any atom is 0.328 e. The van der Waals surface area contributed by atoms with E-state index in [9.17, 15) is 9.59 Å². The van der Waals surface area contributed by atoms with Crippen LogP contribution in [0.5, 0.6) is 0 Å². The van der Waals surface area contributed by atoms with Crippen molar-refractivity contribution in [2.24, 2.45) is 13.0 Å². The molecule has 0 aliphatic carbocycles. The second-order valence-corrected chi connectivity index (χ2v) is 5.59. The average molecular weight is 295 g/mol. The lowest BCUT2D eigenvalue weighted by molar-refractivity contribution is -0.146. The van der Waals surface area contributed by atoms with Crippen molar-refractivity contribution >= 4 is 11.9 Å². The number of aromatic nitrogens is 2. The van der Waals surface area contributed by atoms with Crippen molar-refractivity contribution in [3.8, 4) is 0 Å². The van der Waals surface area contributed by atoms with Crippen LogP contribution in [0.2, 0.25) is 0 Å². The molecule has 0 spiro atoms. The Morgan fingerprint density at radius 2 is 1.95 bits per heavy atom. The minimum Gasteiger partial charge on any atom is -0.467 e. The molecule has 0 aromatic carbocycles. The van der Waals surface area contributed by atoms with Gasteiger partial charge >= 0.3 is 5.97 Å². The van der Waals surface area contributed by atoms with Gasteiger partial charge in [-0.15, -0.1) is 0 Å². The van der Waals surface area contributed by atoms with Gasteiger partial charge in [0, 0.05) is 19.2 Å². The molecule has 21 heavy (non-hydrogen) atoms. The third-order valence-corrected chi connectivity index (χ3v) is 3.70. The van der Waals surface area contributed by atoms with Crippen LogP contribution in [0.15, 0.2) is 0 Å². The molecule has 0 aliphatic heterocycles. The molecular formula is C15H25N3O3. The molecule has 0 fully saturated rings. The average Bonchev–Trinajstić information content (AvgIpc) is 2.66. The largest absolute Gasteiger partial charge is 0.467 e. The summed E-state index contributed by atoms with van der Waals surface area (Å²) in [6.45, 7) is 7.67. The molecule has 1 N–H and O–H groups in total. The predicted octanol–water partition coefficient (Wildman–Crippen LogP) is 1.28. The van der Waals surface area contributed by atoms with E-state index in [-0.39, 0.29) is 11.8 Å². The first-order valence-electron chi connectivity index (χ1n) is 7.14. The molecule has 0 radical (unpaired) electrons. The number of aryl methyl sites for hydroxylation is 2. The van der Waals surface area contributed by atoms with Crippen LogP contribution in [0, 0.1) is 19.8 Å². The Kier molecular flexibility index (Phi) is 5.93. The van der Waals surface area contributed by atoms with Crippen LogP contribution in [0.3, 0.4) is 0 Å². The number of ether oxygens (including phenoxy) is 1. The molecule has 0 unspecified atom stereocenters. The molecule has 1 aromatic rings. The lowest BCUT2D eigenvalue weighted by atomic mass is 10.0. The lowest BCUT2D eigenvalue weighted by Gasteiger charge is -2.19. The van der Waals surface area contributed by atoms with Gasteiger partial charge in [0.1, 0.15) is 6.04 Å². The first-order valence-corrected chi connectivity index (χ1v) is 7.14. The Morgan fingerprint density at radius 3 is 2.38 bits per heavy atom. The maximum absolute atomic E-state index is 12.0.